The van der Waals surface area contributed by atoms with Gasteiger partial charge in [0.1, 0.15) is 11.5 Å². The van der Waals surface area contributed by atoms with Gasteiger partial charge in [0.15, 0.2) is 5.13 Å². The van der Waals surface area contributed by atoms with E-state index in [0.29, 0.717) is 11.6 Å². The number of fused-ring (bicyclic) bond motifs is 1. The fourth-order valence-corrected chi connectivity index (χ4v) is 5.02. The maximum Gasteiger partial charge on any atom is 0.188 e. The standard InChI is InChI=1S/C24H29N7OS/c1-15(2)10-31-23(17-6-4-5-7-18(17)29-31)28-24-27-21(13-33-24)19-8-9-22(20(12-32)26-19)30-11-16(3)25-14-30/h8-9,11,13-15,32H,4-7,10,12H2,1-3H3,(H,27,28). The number of aromatic nitrogens is 6. The second-order valence-corrected chi connectivity index (χ2v) is 9.82. The molecule has 0 amide bonds. The third-order valence-electron chi connectivity index (χ3n) is 5.84. The van der Waals surface area contributed by atoms with E-state index in [-0.39, 0.29) is 6.61 Å². The third kappa shape index (κ3) is 4.43. The molecular formula is C24H29N7OS. The first-order chi connectivity index (χ1) is 16.0. The monoisotopic (exact) mass is 463 g/mol. The molecule has 0 unspecified atom stereocenters. The van der Waals surface area contributed by atoms with E-state index in [4.69, 9.17) is 10.1 Å². The van der Waals surface area contributed by atoms with Gasteiger partial charge >= 0.3 is 0 Å². The molecule has 1 aliphatic carbocycles. The summed E-state index contributed by atoms with van der Waals surface area (Å²) in [5, 5.41) is 21.2. The molecule has 0 fully saturated rings. The van der Waals surface area contributed by atoms with E-state index in [1.165, 1.54) is 24.1 Å². The first kappa shape index (κ1) is 21.8. The van der Waals surface area contributed by atoms with Crippen molar-refractivity contribution in [2.24, 2.45) is 5.92 Å². The van der Waals surface area contributed by atoms with Crippen molar-refractivity contribution in [2.45, 2.75) is 59.6 Å². The summed E-state index contributed by atoms with van der Waals surface area (Å²) in [6, 6.07) is 3.89. The number of aliphatic hydroxyl groups excluding tert-OH is 1. The minimum Gasteiger partial charge on any atom is -0.390 e. The zero-order chi connectivity index (χ0) is 22.9. The Morgan fingerprint density at radius 1 is 1.15 bits per heavy atom. The van der Waals surface area contributed by atoms with Gasteiger partial charge < -0.3 is 15.0 Å². The number of anilines is 2. The summed E-state index contributed by atoms with van der Waals surface area (Å²) in [5.74, 6) is 1.59. The van der Waals surface area contributed by atoms with Gasteiger partial charge in [-0.2, -0.15) is 5.10 Å². The molecule has 0 bridgehead atoms. The number of aryl methyl sites for hydroxylation is 2. The molecule has 0 aromatic carbocycles. The number of rotatable bonds is 7. The van der Waals surface area contributed by atoms with E-state index in [1.54, 1.807) is 17.7 Å². The van der Waals surface area contributed by atoms with Gasteiger partial charge in [0.05, 0.1) is 41.4 Å². The van der Waals surface area contributed by atoms with E-state index in [2.05, 4.69) is 33.8 Å². The van der Waals surface area contributed by atoms with Crippen LogP contribution >= 0.6 is 11.3 Å². The molecule has 4 aromatic rings. The molecule has 0 saturated carbocycles. The molecule has 0 aliphatic heterocycles. The lowest BCUT2D eigenvalue weighted by molar-refractivity contribution is 0.276. The van der Waals surface area contributed by atoms with Crippen LogP contribution in [0.3, 0.4) is 0 Å². The Morgan fingerprint density at radius 2 is 2.00 bits per heavy atom. The van der Waals surface area contributed by atoms with Gasteiger partial charge in [-0.15, -0.1) is 11.3 Å². The van der Waals surface area contributed by atoms with Gasteiger partial charge in [-0.25, -0.2) is 19.6 Å². The number of aliphatic hydroxyl groups is 1. The van der Waals surface area contributed by atoms with E-state index < -0.39 is 0 Å². The molecule has 0 radical (unpaired) electrons. The Morgan fingerprint density at radius 3 is 2.76 bits per heavy atom. The number of nitrogens with zero attached hydrogens (tertiary/aromatic N) is 6. The Labute approximate surface area is 197 Å². The Kier molecular flexibility index (Phi) is 5.99. The van der Waals surface area contributed by atoms with E-state index in [0.717, 1.165) is 53.1 Å². The van der Waals surface area contributed by atoms with Crippen LogP contribution in [0.25, 0.3) is 17.1 Å². The van der Waals surface area contributed by atoms with Gasteiger partial charge in [-0.1, -0.05) is 13.8 Å². The molecule has 5 rings (SSSR count). The average Bonchev–Trinajstić information content (AvgIpc) is 3.53. The Bertz CT molecular complexity index is 1270. The van der Waals surface area contributed by atoms with Crippen LogP contribution in [0.2, 0.25) is 0 Å². The largest absolute Gasteiger partial charge is 0.390 e. The number of nitrogens with one attached hydrogen (secondary N) is 1. The Balaban J connectivity index is 1.43. The van der Waals surface area contributed by atoms with Gasteiger partial charge in [0.25, 0.3) is 0 Å². The van der Waals surface area contributed by atoms with Crippen LogP contribution in [0, 0.1) is 12.8 Å². The highest BCUT2D eigenvalue weighted by Gasteiger charge is 2.22. The lowest BCUT2D eigenvalue weighted by atomic mass is 9.97. The van der Waals surface area contributed by atoms with Crippen LogP contribution < -0.4 is 5.32 Å². The minimum absolute atomic E-state index is 0.157. The van der Waals surface area contributed by atoms with Crippen molar-refractivity contribution < 1.29 is 5.11 Å². The number of imidazole rings is 1. The summed E-state index contributed by atoms with van der Waals surface area (Å²) < 4.78 is 4.00. The summed E-state index contributed by atoms with van der Waals surface area (Å²) in [7, 11) is 0. The first-order valence-electron chi connectivity index (χ1n) is 11.4. The summed E-state index contributed by atoms with van der Waals surface area (Å²) in [5.41, 5.74) is 6.41. The highest BCUT2D eigenvalue weighted by atomic mass is 32.1. The van der Waals surface area contributed by atoms with Crippen molar-refractivity contribution in [1.29, 1.82) is 0 Å². The van der Waals surface area contributed by atoms with Crippen molar-refractivity contribution in [3.05, 3.63) is 52.7 Å². The average molecular weight is 464 g/mol. The second-order valence-electron chi connectivity index (χ2n) is 8.96. The van der Waals surface area contributed by atoms with Crippen molar-refractivity contribution in [3.63, 3.8) is 0 Å². The molecule has 9 heteroatoms. The summed E-state index contributed by atoms with van der Waals surface area (Å²) >= 11 is 1.56. The smallest absolute Gasteiger partial charge is 0.188 e. The van der Waals surface area contributed by atoms with Gasteiger partial charge in [-0.3, -0.25) is 0 Å². The highest BCUT2D eigenvalue weighted by molar-refractivity contribution is 7.14. The molecule has 1 aliphatic rings. The molecule has 0 saturated heterocycles. The van der Waals surface area contributed by atoms with Crippen LogP contribution in [0.1, 0.15) is 49.3 Å². The van der Waals surface area contributed by atoms with Crippen LogP contribution in [0.4, 0.5) is 10.9 Å². The molecule has 4 heterocycles. The minimum atomic E-state index is -0.157. The molecule has 4 aromatic heterocycles. The summed E-state index contributed by atoms with van der Waals surface area (Å²) in [6.07, 6.45) is 8.17. The lowest BCUT2D eigenvalue weighted by Gasteiger charge is -2.13. The molecule has 172 valence electrons. The highest BCUT2D eigenvalue weighted by Crippen LogP contribution is 2.33. The van der Waals surface area contributed by atoms with Crippen LogP contribution in [0.15, 0.2) is 30.0 Å². The number of pyridine rings is 1. The van der Waals surface area contributed by atoms with Gasteiger partial charge in [-0.05, 0) is 50.7 Å². The molecule has 0 spiro atoms. The van der Waals surface area contributed by atoms with Crippen LogP contribution in [-0.2, 0) is 26.0 Å². The predicted molar refractivity (Wildman–Crippen MR) is 130 cm³/mol. The molecule has 8 nitrogen and oxygen atoms in total. The fourth-order valence-electron chi connectivity index (χ4n) is 4.32. The summed E-state index contributed by atoms with van der Waals surface area (Å²) in [4.78, 5) is 13.8. The second kappa shape index (κ2) is 9.07. The van der Waals surface area contributed by atoms with Crippen molar-refractivity contribution in [2.75, 3.05) is 5.32 Å². The quantitative estimate of drug-likeness (QED) is 0.414. The maximum atomic E-state index is 9.91. The van der Waals surface area contributed by atoms with E-state index in [1.807, 2.05) is 35.2 Å². The summed E-state index contributed by atoms with van der Waals surface area (Å²) in [6.45, 7) is 7.08. The number of hydrogen-bond acceptors (Lipinski definition) is 7. The lowest BCUT2D eigenvalue weighted by Crippen LogP contribution is -2.10. The Hall–Kier alpha value is -3.04. The van der Waals surface area contributed by atoms with E-state index >= 15 is 0 Å². The van der Waals surface area contributed by atoms with Crippen molar-refractivity contribution in [1.82, 2.24) is 29.3 Å². The van der Waals surface area contributed by atoms with Crippen molar-refractivity contribution >= 4 is 22.3 Å². The molecular weight excluding hydrogens is 434 g/mol. The zero-order valence-electron chi connectivity index (χ0n) is 19.2. The zero-order valence-corrected chi connectivity index (χ0v) is 20.1. The number of hydrogen-bond donors (Lipinski definition) is 2. The van der Waals surface area contributed by atoms with Gasteiger partial charge in [0.2, 0.25) is 0 Å². The normalized spacial score (nSPS) is 13.5. The molecule has 33 heavy (non-hydrogen) atoms. The third-order valence-corrected chi connectivity index (χ3v) is 6.60. The van der Waals surface area contributed by atoms with Gasteiger partial charge in [0, 0.05) is 23.7 Å². The predicted octanol–water partition coefficient (Wildman–Crippen LogP) is 4.67. The maximum absolute atomic E-state index is 9.91. The molecule has 0 atom stereocenters. The number of thiazole rings is 1. The van der Waals surface area contributed by atoms with Crippen LogP contribution in [0.5, 0.6) is 0 Å². The van der Waals surface area contributed by atoms with Crippen molar-refractivity contribution in [3.8, 4) is 17.1 Å². The topological polar surface area (TPSA) is 93.7 Å². The molecule has 2 N–H and O–H groups in total. The first-order valence-corrected chi connectivity index (χ1v) is 12.3. The van der Waals surface area contributed by atoms with E-state index in [9.17, 15) is 5.11 Å². The fraction of sp³-hybridized carbons (Fsp3) is 0.417. The SMILES string of the molecule is Cc1cn(-c2ccc(-c3csc(Nc4c5c(nn4CC(C)C)CCCC5)n3)nc2CO)cn1. The van der Waals surface area contributed by atoms with Crippen LogP contribution in [-0.4, -0.2) is 34.4 Å².